The second kappa shape index (κ2) is 4.47. The predicted molar refractivity (Wildman–Crippen MR) is 59.6 cm³/mol. The van der Waals surface area contributed by atoms with Crippen LogP contribution in [0.15, 0.2) is 34.9 Å². The first-order valence-corrected chi connectivity index (χ1v) is 5.11. The zero-order valence-electron chi connectivity index (χ0n) is 8.73. The molecule has 0 aliphatic carbocycles. The van der Waals surface area contributed by atoms with Crippen molar-refractivity contribution in [2.45, 2.75) is 19.6 Å². The Labute approximate surface area is 88.7 Å². The first kappa shape index (κ1) is 10.2. The summed E-state index contributed by atoms with van der Waals surface area (Å²) in [5.41, 5.74) is 2.04. The molecule has 1 atom stereocenters. The molecule has 0 bridgehead atoms. The molecule has 80 valence electrons. The standard InChI is InChI=1S/C12H15NO2/c1-9(14)6-13-7-10-8-15-12-5-3-2-4-11(10)12/h2-5,8-9,13-14H,6-7H2,1H3/t9-/m1/s1. The molecule has 1 aromatic carbocycles. The van der Waals surface area contributed by atoms with Crippen LogP contribution in [-0.4, -0.2) is 17.8 Å². The molecular formula is C12H15NO2. The molecule has 0 saturated carbocycles. The smallest absolute Gasteiger partial charge is 0.134 e. The minimum absolute atomic E-state index is 0.317. The normalized spacial score (nSPS) is 13.2. The Balaban J connectivity index is 2.08. The summed E-state index contributed by atoms with van der Waals surface area (Å²) in [6, 6.07) is 7.95. The van der Waals surface area contributed by atoms with Crippen molar-refractivity contribution in [2.75, 3.05) is 6.54 Å². The lowest BCUT2D eigenvalue weighted by molar-refractivity contribution is 0.191. The molecule has 2 N–H and O–H groups in total. The highest BCUT2D eigenvalue weighted by atomic mass is 16.3. The van der Waals surface area contributed by atoms with E-state index in [1.807, 2.05) is 24.3 Å². The topological polar surface area (TPSA) is 45.4 Å². The van der Waals surface area contributed by atoms with Crippen LogP contribution >= 0.6 is 0 Å². The van der Waals surface area contributed by atoms with Crippen molar-refractivity contribution in [3.8, 4) is 0 Å². The summed E-state index contributed by atoms with van der Waals surface area (Å²) in [6.45, 7) is 3.09. The molecule has 0 radical (unpaired) electrons. The highest BCUT2D eigenvalue weighted by Gasteiger charge is 2.04. The molecule has 0 amide bonds. The van der Waals surface area contributed by atoms with Crippen LogP contribution in [0.2, 0.25) is 0 Å². The lowest BCUT2D eigenvalue weighted by atomic mass is 10.2. The summed E-state index contributed by atoms with van der Waals surface area (Å²) in [5, 5.41) is 13.4. The quantitative estimate of drug-likeness (QED) is 0.801. The van der Waals surface area contributed by atoms with Crippen LogP contribution in [0.25, 0.3) is 11.0 Å². The van der Waals surface area contributed by atoms with Gasteiger partial charge in [0.2, 0.25) is 0 Å². The molecule has 0 spiro atoms. The van der Waals surface area contributed by atoms with E-state index in [0.717, 1.165) is 23.1 Å². The number of aliphatic hydroxyl groups excluding tert-OH is 1. The third-order valence-electron chi connectivity index (χ3n) is 2.32. The molecule has 15 heavy (non-hydrogen) atoms. The van der Waals surface area contributed by atoms with E-state index in [-0.39, 0.29) is 6.10 Å². The molecule has 2 rings (SSSR count). The van der Waals surface area contributed by atoms with Gasteiger partial charge in [0, 0.05) is 24.0 Å². The summed E-state index contributed by atoms with van der Waals surface area (Å²) >= 11 is 0. The van der Waals surface area contributed by atoms with E-state index in [4.69, 9.17) is 9.52 Å². The summed E-state index contributed by atoms with van der Waals surface area (Å²) in [5.74, 6) is 0. The van der Waals surface area contributed by atoms with Crippen molar-refractivity contribution in [3.63, 3.8) is 0 Å². The third-order valence-corrected chi connectivity index (χ3v) is 2.32. The van der Waals surface area contributed by atoms with Crippen LogP contribution in [0.4, 0.5) is 0 Å². The maximum absolute atomic E-state index is 9.11. The summed E-state index contributed by atoms with van der Waals surface area (Å²) in [4.78, 5) is 0. The SMILES string of the molecule is C[C@@H](O)CNCc1coc2ccccc12. The van der Waals surface area contributed by atoms with Crippen LogP contribution in [0.5, 0.6) is 0 Å². The number of hydrogen-bond acceptors (Lipinski definition) is 3. The second-order valence-corrected chi connectivity index (χ2v) is 3.74. The Morgan fingerprint density at radius 3 is 3.00 bits per heavy atom. The Morgan fingerprint density at radius 1 is 1.40 bits per heavy atom. The minimum Gasteiger partial charge on any atom is -0.464 e. The maximum atomic E-state index is 9.11. The molecule has 1 heterocycles. The van der Waals surface area contributed by atoms with Gasteiger partial charge in [0.05, 0.1) is 12.4 Å². The Morgan fingerprint density at radius 2 is 2.20 bits per heavy atom. The van der Waals surface area contributed by atoms with E-state index in [1.54, 1.807) is 13.2 Å². The first-order chi connectivity index (χ1) is 7.27. The van der Waals surface area contributed by atoms with E-state index < -0.39 is 0 Å². The van der Waals surface area contributed by atoms with E-state index in [1.165, 1.54) is 0 Å². The van der Waals surface area contributed by atoms with E-state index in [0.29, 0.717) is 6.54 Å². The highest BCUT2D eigenvalue weighted by Crippen LogP contribution is 2.20. The zero-order chi connectivity index (χ0) is 10.7. The van der Waals surface area contributed by atoms with Crippen LogP contribution in [-0.2, 0) is 6.54 Å². The van der Waals surface area contributed by atoms with Gasteiger partial charge in [-0.3, -0.25) is 0 Å². The molecule has 2 aromatic rings. The monoisotopic (exact) mass is 205 g/mol. The first-order valence-electron chi connectivity index (χ1n) is 5.11. The van der Waals surface area contributed by atoms with E-state index >= 15 is 0 Å². The van der Waals surface area contributed by atoms with Gasteiger partial charge in [-0.25, -0.2) is 0 Å². The van der Waals surface area contributed by atoms with Crippen LogP contribution in [0, 0.1) is 0 Å². The molecule has 0 fully saturated rings. The summed E-state index contributed by atoms with van der Waals surface area (Å²) in [6.07, 6.45) is 1.45. The van der Waals surface area contributed by atoms with Gasteiger partial charge in [0.1, 0.15) is 5.58 Å². The predicted octanol–water partition coefficient (Wildman–Crippen LogP) is 1.90. The van der Waals surface area contributed by atoms with Crippen molar-refractivity contribution in [3.05, 3.63) is 36.1 Å². The summed E-state index contributed by atoms with van der Waals surface area (Å²) in [7, 11) is 0. The Kier molecular flexibility index (Phi) is 3.04. The number of para-hydroxylation sites is 1. The summed E-state index contributed by atoms with van der Waals surface area (Å²) < 4.78 is 5.40. The van der Waals surface area contributed by atoms with Gasteiger partial charge in [0.15, 0.2) is 0 Å². The van der Waals surface area contributed by atoms with Gasteiger partial charge in [-0.1, -0.05) is 18.2 Å². The van der Waals surface area contributed by atoms with Crippen molar-refractivity contribution >= 4 is 11.0 Å². The van der Waals surface area contributed by atoms with Crippen molar-refractivity contribution in [1.82, 2.24) is 5.32 Å². The number of nitrogens with one attached hydrogen (secondary N) is 1. The molecular weight excluding hydrogens is 190 g/mol. The fourth-order valence-corrected chi connectivity index (χ4v) is 1.59. The number of rotatable bonds is 4. The average Bonchev–Trinajstić information content (AvgIpc) is 2.62. The van der Waals surface area contributed by atoms with Crippen LogP contribution < -0.4 is 5.32 Å². The molecule has 3 heteroatoms. The van der Waals surface area contributed by atoms with Gasteiger partial charge in [-0.2, -0.15) is 0 Å². The number of furan rings is 1. The maximum Gasteiger partial charge on any atom is 0.134 e. The molecule has 0 unspecified atom stereocenters. The Hall–Kier alpha value is -1.32. The number of fused-ring (bicyclic) bond motifs is 1. The van der Waals surface area contributed by atoms with E-state index in [9.17, 15) is 0 Å². The fraction of sp³-hybridized carbons (Fsp3) is 0.333. The largest absolute Gasteiger partial charge is 0.464 e. The van der Waals surface area contributed by atoms with Crippen molar-refractivity contribution in [2.24, 2.45) is 0 Å². The van der Waals surface area contributed by atoms with Crippen molar-refractivity contribution < 1.29 is 9.52 Å². The van der Waals surface area contributed by atoms with Gasteiger partial charge in [-0.05, 0) is 13.0 Å². The number of benzene rings is 1. The molecule has 1 aromatic heterocycles. The second-order valence-electron chi connectivity index (χ2n) is 3.74. The van der Waals surface area contributed by atoms with Gasteiger partial charge < -0.3 is 14.8 Å². The number of hydrogen-bond donors (Lipinski definition) is 2. The molecule has 0 aliphatic heterocycles. The minimum atomic E-state index is -0.317. The zero-order valence-corrected chi connectivity index (χ0v) is 8.73. The Bertz CT molecular complexity index is 434. The van der Waals surface area contributed by atoms with Crippen molar-refractivity contribution in [1.29, 1.82) is 0 Å². The average molecular weight is 205 g/mol. The lowest BCUT2D eigenvalue weighted by Crippen LogP contribution is -2.23. The fourth-order valence-electron chi connectivity index (χ4n) is 1.59. The highest BCUT2D eigenvalue weighted by molar-refractivity contribution is 5.80. The van der Waals surface area contributed by atoms with Crippen LogP contribution in [0.3, 0.4) is 0 Å². The molecule has 3 nitrogen and oxygen atoms in total. The van der Waals surface area contributed by atoms with Gasteiger partial charge >= 0.3 is 0 Å². The lowest BCUT2D eigenvalue weighted by Gasteiger charge is -2.05. The van der Waals surface area contributed by atoms with Crippen LogP contribution in [0.1, 0.15) is 12.5 Å². The number of aliphatic hydroxyl groups is 1. The molecule has 0 saturated heterocycles. The van der Waals surface area contributed by atoms with E-state index in [2.05, 4.69) is 5.32 Å². The third kappa shape index (κ3) is 2.37. The van der Waals surface area contributed by atoms with Gasteiger partial charge in [0.25, 0.3) is 0 Å². The van der Waals surface area contributed by atoms with Gasteiger partial charge in [-0.15, -0.1) is 0 Å². The molecule has 0 aliphatic rings.